The Labute approximate surface area is 192 Å². The van der Waals surface area contributed by atoms with Gasteiger partial charge in [-0.25, -0.2) is 4.98 Å². The lowest BCUT2D eigenvalue weighted by Crippen LogP contribution is -2.37. The molecule has 5 nitrogen and oxygen atoms in total. The maximum Gasteiger partial charge on any atom is 0.298 e. The second kappa shape index (κ2) is 10.3. The summed E-state index contributed by atoms with van der Waals surface area (Å²) < 4.78 is 0. The molecule has 32 heavy (non-hydrogen) atoms. The standard InChI is InChI=1S/C26H25N3O2S/c1-19-6-5-9-21(16-19)17-27-25(31)23-18-32-26(28-23)22-12-14-29(15-13-22)24(30)11-10-20-7-3-2-4-8-20/h2-9,16,18,22H,12-15,17H2,1H3,(H,27,31). The minimum atomic E-state index is -0.155. The number of hydrogen-bond donors (Lipinski definition) is 1. The number of thiazole rings is 1. The van der Waals surface area contributed by atoms with Gasteiger partial charge in [-0.1, -0.05) is 53.9 Å². The van der Waals surface area contributed by atoms with Crippen LogP contribution in [0.2, 0.25) is 0 Å². The predicted octanol–water partition coefficient (Wildman–Crippen LogP) is 4.14. The molecule has 0 atom stereocenters. The van der Waals surface area contributed by atoms with E-state index < -0.39 is 0 Å². The first-order valence-corrected chi connectivity index (χ1v) is 11.6. The van der Waals surface area contributed by atoms with Crippen LogP contribution < -0.4 is 5.32 Å². The van der Waals surface area contributed by atoms with Gasteiger partial charge < -0.3 is 10.2 Å². The fourth-order valence-corrected chi connectivity index (χ4v) is 4.70. The quantitative estimate of drug-likeness (QED) is 0.617. The van der Waals surface area contributed by atoms with Crippen LogP contribution in [0.3, 0.4) is 0 Å². The molecule has 0 spiro atoms. The summed E-state index contributed by atoms with van der Waals surface area (Å²) in [7, 11) is 0. The zero-order chi connectivity index (χ0) is 22.3. The molecule has 4 rings (SSSR count). The predicted molar refractivity (Wildman–Crippen MR) is 126 cm³/mol. The maximum absolute atomic E-state index is 12.5. The molecule has 0 unspecified atom stereocenters. The molecule has 1 fully saturated rings. The lowest BCUT2D eigenvalue weighted by Gasteiger charge is -2.29. The number of hydrogen-bond acceptors (Lipinski definition) is 4. The van der Waals surface area contributed by atoms with Crippen molar-refractivity contribution >= 4 is 23.2 Å². The van der Waals surface area contributed by atoms with Crippen LogP contribution in [0.1, 0.15) is 50.9 Å². The van der Waals surface area contributed by atoms with Crippen molar-refractivity contribution < 1.29 is 9.59 Å². The second-order valence-corrected chi connectivity index (χ2v) is 8.81. The fourth-order valence-electron chi connectivity index (χ4n) is 3.73. The van der Waals surface area contributed by atoms with Gasteiger partial charge in [0.15, 0.2) is 0 Å². The summed E-state index contributed by atoms with van der Waals surface area (Å²) in [4.78, 5) is 31.3. The highest BCUT2D eigenvalue weighted by Crippen LogP contribution is 2.30. The first kappa shape index (κ1) is 21.8. The van der Waals surface area contributed by atoms with E-state index in [4.69, 9.17) is 0 Å². The van der Waals surface area contributed by atoms with E-state index in [1.807, 2.05) is 60.8 Å². The number of amides is 2. The lowest BCUT2D eigenvalue weighted by molar-refractivity contribution is -0.126. The van der Waals surface area contributed by atoms with Crippen molar-refractivity contribution in [3.63, 3.8) is 0 Å². The van der Waals surface area contributed by atoms with Gasteiger partial charge >= 0.3 is 0 Å². The number of benzene rings is 2. The molecule has 0 bridgehead atoms. The van der Waals surface area contributed by atoms with E-state index in [-0.39, 0.29) is 17.7 Å². The molecule has 2 heterocycles. The molecule has 162 valence electrons. The van der Waals surface area contributed by atoms with Crippen molar-refractivity contribution in [2.75, 3.05) is 13.1 Å². The van der Waals surface area contributed by atoms with E-state index in [0.717, 1.165) is 29.0 Å². The van der Waals surface area contributed by atoms with Gasteiger partial charge in [-0.15, -0.1) is 11.3 Å². The number of nitrogens with zero attached hydrogens (tertiary/aromatic N) is 2. The normalized spacial score (nSPS) is 13.8. The van der Waals surface area contributed by atoms with Gasteiger partial charge in [0.25, 0.3) is 11.8 Å². The Balaban J connectivity index is 1.28. The molecule has 1 N–H and O–H groups in total. The Bertz CT molecular complexity index is 1150. The van der Waals surface area contributed by atoms with Gasteiger partial charge in [-0.2, -0.15) is 0 Å². The molecule has 2 aromatic carbocycles. The maximum atomic E-state index is 12.5. The van der Waals surface area contributed by atoms with E-state index in [0.29, 0.717) is 25.3 Å². The molecule has 3 aromatic rings. The Morgan fingerprint density at radius 1 is 1.12 bits per heavy atom. The number of piperidine rings is 1. The highest BCUT2D eigenvalue weighted by Gasteiger charge is 2.25. The van der Waals surface area contributed by atoms with Crippen LogP contribution in [-0.2, 0) is 11.3 Å². The number of aryl methyl sites for hydroxylation is 1. The third kappa shape index (κ3) is 5.63. The average molecular weight is 444 g/mol. The third-order valence-corrected chi connectivity index (χ3v) is 6.52. The molecule has 1 aliphatic rings. The summed E-state index contributed by atoms with van der Waals surface area (Å²) in [6.45, 7) is 3.83. The zero-order valence-electron chi connectivity index (χ0n) is 18.0. The Morgan fingerprint density at radius 2 is 1.91 bits per heavy atom. The second-order valence-electron chi connectivity index (χ2n) is 7.93. The Hall–Kier alpha value is -3.43. The highest BCUT2D eigenvalue weighted by molar-refractivity contribution is 7.09. The molecule has 0 saturated carbocycles. The van der Waals surface area contributed by atoms with Crippen LogP contribution in [0, 0.1) is 18.8 Å². The van der Waals surface area contributed by atoms with Gasteiger partial charge in [0, 0.05) is 42.4 Å². The van der Waals surface area contributed by atoms with Crippen molar-refractivity contribution in [3.05, 3.63) is 87.4 Å². The number of carbonyl (C=O) groups excluding carboxylic acids is 2. The fraction of sp³-hybridized carbons (Fsp3) is 0.269. The Kier molecular flexibility index (Phi) is 6.98. The van der Waals surface area contributed by atoms with Crippen molar-refractivity contribution in [2.45, 2.75) is 32.2 Å². The van der Waals surface area contributed by atoms with Crippen LogP contribution >= 0.6 is 11.3 Å². The van der Waals surface area contributed by atoms with E-state index in [1.165, 1.54) is 16.9 Å². The number of nitrogens with one attached hydrogen (secondary N) is 1. The first-order valence-electron chi connectivity index (χ1n) is 10.7. The number of likely N-dealkylation sites (tertiary alicyclic amines) is 1. The molecular weight excluding hydrogens is 418 g/mol. The summed E-state index contributed by atoms with van der Waals surface area (Å²) in [5.74, 6) is 5.65. The number of carbonyl (C=O) groups is 2. The minimum absolute atomic E-state index is 0.136. The molecule has 1 aliphatic heterocycles. The van der Waals surface area contributed by atoms with Crippen LogP contribution in [0.25, 0.3) is 0 Å². The topological polar surface area (TPSA) is 62.3 Å². The summed E-state index contributed by atoms with van der Waals surface area (Å²) >= 11 is 1.52. The molecule has 2 amide bonds. The van der Waals surface area contributed by atoms with Crippen molar-refractivity contribution in [3.8, 4) is 11.8 Å². The van der Waals surface area contributed by atoms with Gasteiger partial charge in [-0.3, -0.25) is 9.59 Å². The summed E-state index contributed by atoms with van der Waals surface area (Å²) in [5, 5.41) is 5.73. The van der Waals surface area contributed by atoms with Crippen molar-refractivity contribution in [2.24, 2.45) is 0 Å². The summed E-state index contributed by atoms with van der Waals surface area (Å²) in [6.07, 6.45) is 1.66. The number of rotatable bonds is 4. The zero-order valence-corrected chi connectivity index (χ0v) is 18.8. The van der Waals surface area contributed by atoms with E-state index in [2.05, 4.69) is 28.2 Å². The molecule has 1 aromatic heterocycles. The van der Waals surface area contributed by atoms with Crippen LogP contribution in [0.15, 0.2) is 60.0 Å². The first-order chi connectivity index (χ1) is 15.6. The lowest BCUT2D eigenvalue weighted by atomic mass is 9.97. The smallest absolute Gasteiger partial charge is 0.298 e. The van der Waals surface area contributed by atoms with Crippen LogP contribution in [-0.4, -0.2) is 34.8 Å². The minimum Gasteiger partial charge on any atom is -0.347 e. The molecule has 6 heteroatoms. The third-order valence-electron chi connectivity index (χ3n) is 5.51. The highest BCUT2D eigenvalue weighted by atomic mass is 32.1. The van der Waals surface area contributed by atoms with Crippen molar-refractivity contribution in [1.29, 1.82) is 0 Å². The SMILES string of the molecule is Cc1cccc(CNC(=O)c2csc(C3CCN(C(=O)C#Cc4ccccc4)CC3)n2)c1. The summed E-state index contributed by atoms with van der Waals surface area (Å²) in [6, 6.07) is 17.6. The molecule has 0 radical (unpaired) electrons. The average Bonchev–Trinajstić information content (AvgIpc) is 3.32. The number of aromatic nitrogens is 1. The molecule has 0 aliphatic carbocycles. The van der Waals surface area contributed by atoms with E-state index in [1.54, 1.807) is 4.90 Å². The summed E-state index contributed by atoms with van der Waals surface area (Å²) in [5.41, 5.74) is 3.54. The van der Waals surface area contributed by atoms with E-state index >= 15 is 0 Å². The largest absolute Gasteiger partial charge is 0.347 e. The Morgan fingerprint density at radius 3 is 2.66 bits per heavy atom. The monoisotopic (exact) mass is 443 g/mol. The van der Waals surface area contributed by atoms with Gasteiger partial charge in [0.05, 0.1) is 5.01 Å². The van der Waals surface area contributed by atoms with Gasteiger partial charge in [0.1, 0.15) is 5.69 Å². The van der Waals surface area contributed by atoms with Crippen LogP contribution in [0.4, 0.5) is 0 Å². The molecular formula is C26H25N3O2S. The van der Waals surface area contributed by atoms with Crippen LogP contribution in [0.5, 0.6) is 0 Å². The van der Waals surface area contributed by atoms with E-state index in [9.17, 15) is 9.59 Å². The van der Waals surface area contributed by atoms with Gasteiger partial charge in [-0.05, 0) is 37.5 Å². The van der Waals surface area contributed by atoms with Crippen molar-refractivity contribution in [1.82, 2.24) is 15.2 Å². The molecule has 1 saturated heterocycles. The van der Waals surface area contributed by atoms with Gasteiger partial charge in [0.2, 0.25) is 0 Å².